The first-order valence-electron chi connectivity index (χ1n) is 7.34. The number of carbonyl (C=O) groups excluding carboxylic acids is 2. The zero-order valence-corrected chi connectivity index (χ0v) is 12.2. The summed E-state index contributed by atoms with van der Waals surface area (Å²) in [6, 6.07) is 0.364. The molecule has 19 heavy (non-hydrogen) atoms. The van der Waals surface area contributed by atoms with E-state index in [2.05, 4.69) is 17.1 Å². The fraction of sp³-hybridized carbons (Fsp3) is 0.857. The summed E-state index contributed by atoms with van der Waals surface area (Å²) in [6.07, 6.45) is 4.90. The minimum Gasteiger partial charge on any atom is -0.324 e. The molecule has 0 spiro atoms. The summed E-state index contributed by atoms with van der Waals surface area (Å²) >= 11 is 0. The summed E-state index contributed by atoms with van der Waals surface area (Å²) in [7, 11) is 0. The molecule has 0 unspecified atom stereocenters. The molecule has 0 bridgehead atoms. The van der Waals surface area contributed by atoms with Crippen LogP contribution in [0.4, 0.5) is 4.79 Å². The van der Waals surface area contributed by atoms with Crippen molar-refractivity contribution in [3.05, 3.63) is 0 Å². The van der Waals surface area contributed by atoms with Crippen molar-refractivity contribution in [2.75, 3.05) is 19.6 Å². The van der Waals surface area contributed by atoms with Gasteiger partial charge in [-0.15, -0.1) is 0 Å². The number of urea groups is 1. The summed E-state index contributed by atoms with van der Waals surface area (Å²) < 4.78 is 0. The Morgan fingerprint density at radius 3 is 2.58 bits per heavy atom. The quantitative estimate of drug-likeness (QED) is 0.787. The van der Waals surface area contributed by atoms with Crippen molar-refractivity contribution in [1.29, 1.82) is 0 Å². The Morgan fingerprint density at radius 2 is 2.00 bits per heavy atom. The highest BCUT2D eigenvalue weighted by Gasteiger charge is 2.44. The van der Waals surface area contributed by atoms with Gasteiger partial charge in [0, 0.05) is 19.1 Å². The number of hydrogen-bond acceptors (Lipinski definition) is 3. The van der Waals surface area contributed by atoms with Crippen molar-refractivity contribution < 1.29 is 9.59 Å². The molecule has 3 amide bonds. The van der Waals surface area contributed by atoms with E-state index in [-0.39, 0.29) is 11.9 Å². The fourth-order valence-electron chi connectivity index (χ4n) is 3.07. The molecule has 0 aromatic carbocycles. The molecule has 2 fully saturated rings. The maximum Gasteiger partial charge on any atom is 0.325 e. The number of hydrogen-bond donors (Lipinski definition) is 1. The van der Waals surface area contributed by atoms with Gasteiger partial charge in [-0.2, -0.15) is 0 Å². The Hall–Kier alpha value is -1.10. The molecule has 0 saturated carbocycles. The molecule has 0 aromatic rings. The van der Waals surface area contributed by atoms with Gasteiger partial charge in [-0.25, -0.2) is 4.79 Å². The van der Waals surface area contributed by atoms with E-state index in [0.717, 1.165) is 19.5 Å². The molecule has 2 aliphatic heterocycles. The van der Waals surface area contributed by atoms with Crippen LogP contribution in [0.5, 0.6) is 0 Å². The molecule has 108 valence electrons. The van der Waals surface area contributed by atoms with Crippen molar-refractivity contribution in [3.8, 4) is 0 Å². The molecule has 5 nitrogen and oxygen atoms in total. The van der Waals surface area contributed by atoms with Crippen LogP contribution in [0.25, 0.3) is 0 Å². The SMILES string of the molecule is CC[C@H]1CCCCN1CCN1C(=O)NC(C)(C)C1=O. The van der Waals surface area contributed by atoms with Gasteiger partial charge in [0.1, 0.15) is 5.54 Å². The van der Waals surface area contributed by atoms with Crippen LogP contribution in [0.3, 0.4) is 0 Å². The van der Waals surface area contributed by atoms with Gasteiger partial charge in [0.25, 0.3) is 5.91 Å². The van der Waals surface area contributed by atoms with Crippen molar-refractivity contribution in [2.45, 2.75) is 58.0 Å². The van der Waals surface area contributed by atoms with E-state index in [0.29, 0.717) is 12.6 Å². The van der Waals surface area contributed by atoms with Crippen molar-refractivity contribution >= 4 is 11.9 Å². The number of likely N-dealkylation sites (tertiary alicyclic amines) is 1. The van der Waals surface area contributed by atoms with Crippen LogP contribution in [0, 0.1) is 0 Å². The number of carbonyl (C=O) groups is 2. The molecule has 5 heteroatoms. The summed E-state index contributed by atoms with van der Waals surface area (Å²) in [6.45, 7) is 8.11. The molecule has 2 heterocycles. The van der Waals surface area contributed by atoms with Gasteiger partial charge >= 0.3 is 6.03 Å². The van der Waals surface area contributed by atoms with Gasteiger partial charge in [-0.3, -0.25) is 14.6 Å². The lowest BCUT2D eigenvalue weighted by atomic mass is 10.00. The average molecular weight is 267 g/mol. The van der Waals surface area contributed by atoms with Gasteiger partial charge in [-0.1, -0.05) is 13.3 Å². The van der Waals surface area contributed by atoms with E-state index < -0.39 is 5.54 Å². The maximum atomic E-state index is 12.1. The smallest absolute Gasteiger partial charge is 0.324 e. The van der Waals surface area contributed by atoms with E-state index in [1.54, 1.807) is 13.8 Å². The second-order valence-electron chi connectivity index (χ2n) is 6.11. The Bertz CT molecular complexity index is 368. The molecule has 2 aliphatic rings. The topological polar surface area (TPSA) is 52.6 Å². The van der Waals surface area contributed by atoms with E-state index in [1.165, 1.54) is 24.2 Å². The van der Waals surface area contributed by atoms with E-state index >= 15 is 0 Å². The number of imide groups is 1. The summed E-state index contributed by atoms with van der Waals surface area (Å²) in [5, 5.41) is 2.72. The first kappa shape index (κ1) is 14.3. The third-order valence-electron chi connectivity index (χ3n) is 4.28. The molecule has 0 aromatic heterocycles. The lowest BCUT2D eigenvalue weighted by Crippen LogP contribution is -2.45. The molecule has 1 N–H and O–H groups in total. The number of nitrogens with one attached hydrogen (secondary N) is 1. The third kappa shape index (κ3) is 2.91. The van der Waals surface area contributed by atoms with Gasteiger partial charge < -0.3 is 5.32 Å². The molecule has 1 atom stereocenters. The van der Waals surface area contributed by atoms with Crippen LogP contribution in [0.2, 0.25) is 0 Å². The lowest BCUT2D eigenvalue weighted by Gasteiger charge is -2.35. The number of rotatable bonds is 4. The molecular weight excluding hydrogens is 242 g/mol. The zero-order chi connectivity index (χ0) is 14.0. The third-order valence-corrected chi connectivity index (χ3v) is 4.28. The van der Waals surface area contributed by atoms with Crippen molar-refractivity contribution in [2.24, 2.45) is 0 Å². The summed E-state index contributed by atoms with van der Waals surface area (Å²) in [5.41, 5.74) is -0.747. The molecule has 0 aliphatic carbocycles. The van der Waals surface area contributed by atoms with E-state index in [1.807, 2.05) is 0 Å². The maximum absolute atomic E-state index is 12.1. The standard InChI is InChI=1S/C14H25N3O2/c1-4-11-7-5-6-8-16(11)9-10-17-12(18)14(2,3)15-13(17)19/h11H,4-10H2,1-3H3,(H,15,19)/t11-/m0/s1. The molecular formula is C14H25N3O2. The minimum absolute atomic E-state index is 0.109. The Labute approximate surface area is 115 Å². The number of amides is 3. The highest BCUT2D eigenvalue weighted by Crippen LogP contribution is 2.20. The largest absolute Gasteiger partial charge is 0.325 e. The first-order valence-corrected chi connectivity index (χ1v) is 7.34. The monoisotopic (exact) mass is 267 g/mol. The number of piperidine rings is 1. The molecule has 2 saturated heterocycles. The van der Waals surface area contributed by atoms with Gasteiger partial charge in [0.05, 0.1) is 0 Å². The van der Waals surface area contributed by atoms with Crippen LogP contribution >= 0.6 is 0 Å². The van der Waals surface area contributed by atoms with Crippen LogP contribution in [-0.2, 0) is 4.79 Å². The van der Waals surface area contributed by atoms with E-state index in [9.17, 15) is 9.59 Å². The normalized spacial score (nSPS) is 27.7. The first-order chi connectivity index (χ1) is 8.95. The Balaban J connectivity index is 1.91. The van der Waals surface area contributed by atoms with Crippen LogP contribution in [0.1, 0.15) is 46.5 Å². The van der Waals surface area contributed by atoms with Gasteiger partial charge in [-0.05, 0) is 39.7 Å². The van der Waals surface area contributed by atoms with Gasteiger partial charge in [0.15, 0.2) is 0 Å². The van der Waals surface area contributed by atoms with Crippen LogP contribution < -0.4 is 5.32 Å². The second kappa shape index (κ2) is 5.49. The Kier molecular flexibility index (Phi) is 4.13. The summed E-state index contributed by atoms with van der Waals surface area (Å²) in [5.74, 6) is -0.109. The Morgan fingerprint density at radius 1 is 1.26 bits per heavy atom. The van der Waals surface area contributed by atoms with Crippen molar-refractivity contribution in [3.63, 3.8) is 0 Å². The highest BCUT2D eigenvalue weighted by molar-refractivity contribution is 6.06. The van der Waals surface area contributed by atoms with Crippen LogP contribution in [-0.4, -0.2) is 53.0 Å². The predicted molar refractivity (Wildman–Crippen MR) is 73.8 cm³/mol. The zero-order valence-electron chi connectivity index (χ0n) is 12.2. The molecule has 2 rings (SSSR count). The number of nitrogens with zero attached hydrogens (tertiary/aromatic N) is 2. The lowest BCUT2D eigenvalue weighted by molar-refractivity contribution is -0.130. The average Bonchev–Trinajstić information content (AvgIpc) is 2.57. The van der Waals surface area contributed by atoms with Crippen molar-refractivity contribution in [1.82, 2.24) is 15.1 Å². The van der Waals surface area contributed by atoms with Gasteiger partial charge in [0.2, 0.25) is 0 Å². The fourth-order valence-corrected chi connectivity index (χ4v) is 3.07. The predicted octanol–water partition coefficient (Wildman–Crippen LogP) is 1.58. The minimum atomic E-state index is -0.747. The molecule has 0 radical (unpaired) electrons. The summed E-state index contributed by atoms with van der Waals surface area (Å²) in [4.78, 5) is 27.7. The highest BCUT2D eigenvalue weighted by atomic mass is 16.2. The second-order valence-corrected chi connectivity index (χ2v) is 6.11. The van der Waals surface area contributed by atoms with Crippen LogP contribution in [0.15, 0.2) is 0 Å². The van der Waals surface area contributed by atoms with E-state index in [4.69, 9.17) is 0 Å².